The highest BCUT2D eigenvalue weighted by Gasteiger charge is 2.17. The highest BCUT2D eigenvalue weighted by Crippen LogP contribution is 2.21. The lowest BCUT2D eigenvalue weighted by Crippen LogP contribution is -2.25. The number of pyridine rings is 1. The van der Waals surface area contributed by atoms with E-state index in [0.717, 1.165) is 29.7 Å². The van der Waals surface area contributed by atoms with E-state index in [4.69, 9.17) is 0 Å². The maximum atomic E-state index is 4.54. The Morgan fingerprint density at radius 2 is 2.10 bits per heavy atom. The Morgan fingerprint density at radius 3 is 2.75 bits per heavy atom. The van der Waals surface area contributed by atoms with Crippen molar-refractivity contribution in [2.45, 2.75) is 39.8 Å². The van der Waals surface area contributed by atoms with Gasteiger partial charge in [-0.3, -0.25) is 9.67 Å². The van der Waals surface area contributed by atoms with E-state index in [1.165, 1.54) is 11.3 Å². The van der Waals surface area contributed by atoms with E-state index in [-0.39, 0.29) is 6.04 Å². The van der Waals surface area contributed by atoms with Crippen molar-refractivity contribution in [2.75, 3.05) is 6.54 Å². The molecule has 0 bridgehead atoms. The molecule has 1 unspecified atom stereocenters. The van der Waals surface area contributed by atoms with E-state index >= 15 is 0 Å². The van der Waals surface area contributed by atoms with E-state index < -0.39 is 0 Å². The van der Waals surface area contributed by atoms with Crippen LogP contribution in [0.4, 0.5) is 0 Å². The van der Waals surface area contributed by atoms with Crippen LogP contribution in [0.5, 0.6) is 0 Å². The summed E-state index contributed by atoms with van der Waals surface area (Å²) in [5, 5.41) is 8.09. The third-order valence-electron chi connectivity index (χ3n) is 3.24. The maximum Gasteiger partial charge on any atom is 0.0597 e. The van der Waals surface area contributed by atoms with Gasteiger partial charge in [-0.25, -0.2) is 0 Å². The lowest BCUT2D eigenvalue weighted by molar-refractivity contribution is 0.489. The minimum atomic E-state index is 0.261. The molecule has 0 spiro atoms. The van der Waals surface area contributed by atoms with Crippen molar-refractivity contribution in [2.24, 2.45) is 0 Å². The highest BCUT2D eigenvalue weighted by atomic mass is 79.9. The van der Waals surface area contributed by atoms with Crippen LogP contribution in [0.15, 0.2) is 29.0 Å². The smallest absolute Gasteiger partial charge is 0.0597 e. The molecule has 0 fully saturated rings. The summed E-state index contributed by atoms with van der Waals surface area (Å²) in [4.78, 5) is 4.24. The van der Waals surface area contributed by atoms with Crippen LogP contribution in [0, 0.1) is 6.92 Å². The standard InChI is InChI=1S/C15H21BrN4/c1-4-18-14(8-12-7-13(16)10-17-9-12)15-6-11(3)19-20(15)5-2/h6-7,9-10,14,18H,4-5,8H2,1-3H3. The average molecular weight is 337 g/mol. The zero-order chi connectivity index (χ0) is 14.5. The summed E-state index contributed by atoms with van der Waals surface area (Å²) >= 11 is 3.48. The fourth-order valence-electron chi connectivity index (χ4n) is 2.43. The molecule has 0 radical (unpaired) electrons. The third-order valence-corrected chi connectivity index (χ3v) is 3.68. The zero-order valence-electron chi connectivity index (χ0n) is 12.2. The lowest BCUT2D eigenvalue weighted by Gasteiger charge is -2.19. The normalized spacial score (nSPS) is 12.6. The number of hydrogen-bond donors (Lipinski definition) is 1. The maximum absolute atomic E-state index is 4.54. The number of likely N-dealkylation sites (N-methyl/N-ethyl adjacent to an activating group) is 1. The first kappa shape index (κ1) is 15.2. The minimum Gasteiger partial charge on any atom is -0.309 e. The second kappa shape index (κ2) is 6.99. The fraction of sp³-hybridized carbons (Fsp3) is 0.467. The van der Waals surface area contributed by atoms with Gasteiger partial charge in [-0.05, 0) is 60.4 Å². The lowest BCUT2D eigenvalue weighted by atomic mass is 10.0. The molecule has 2 aromatic rings. The number of nitrogens with one attached hydrogen (secondary N) is 1. The van der Waals surface area contributed by atoms with E-state index in [2.05, 4.69) is 62.0 Å². The number of aryl methyl sites for hydroxylation is 2. The van der Waals surface area contributed by atoms with Gasteiger partial charge in [0.2, 0.25) is 0 Å². The molecular weight excluding hydrogens is 316 g/mol. The largest absolute Gasteiger partial charge is 0.309 e. The van der Waals surface area contributed by atoms with Crippen LogP contribution in [0.3, 0.4) is 0 Å². The van der Waals surface area contributed by atoms with Crippen LogP contribution < -0.4 is 5.32 Å². The molecule has 108 valence electrons. The quantitative estimate of drug-likeness (QED) is 0.880. The number of aromatic nitrogens is 3. The Morgan fingerprint density at radius 1 is 1.30 bits per heavy atom. The van der Waals surface area contributed by atoms with E-state index in [1.54, 1.807) is 0 Å². The topological polar surface area (TPSA) is 42.7 Å². The first-order valence-corrected chi connectivity index (χ1v) is 7.80. The monoisotopic (exact) mass is 336 g/mol. The van der Waals surface area contributed by atoms with Crippen molar-refractivity contribution in [3.63, 3.8) is 0 Å². The Hall–Kier alpha value is -1.20. The van der Waals surface area contributed by atoms with Crippen LogP contribution in [0.1, 0.15) is 36.8 Å². The Labute approximate surface area is 128 Å². The summed E-state index contributed by atoms with van der Waals surface area (Å²) in [5.41, 5.74) is 3.52. The first-order chi connectivity index (χ1) is 9.63. The molecule has 0 saturated heterocycles. The Bertz CT molecular complexity index is 565. The molecule has 2 heterocycles. The molecule has 20 heavy (non-hydrogen) atoms. The summed E-state index contributed by atoms with van der Waals surface area (Å²) in [6, 6.07) is 4.55. The van der Waals surface area contributed by atoms with Crippen molar-refractivity contribution < 1.29 is 0 Å². The highest BCUT2D eigenvalue weighted by molar-refractivity contribution is 9.10. The second-order valence-electron chi connectivity index (χ2n) is 4.85. The van der Waals surface area contributed by atoms with Crippen molar-refractivity contribution >= 4 is 15.9 Å². The van der Waals surface area contributed by atoms with Crippen molar-refractivity contribution in [1.29, 1.82) is 0 Å². The fourth-order valence-corrected chi connectivity index (χ4v) is 2.84. The summed E-state index contributed by atoms with van der Waals surface area (Å²) in [6.45, 7) is 8.12. The van der Waals surface area contributed by atoms with Crippen LogP contribution in [-0.2, 0) is 13.0 Å². The van der Waals surface area contributed by atoms with E-state index in [1.807, 2.05) is 19.3 Å². The van der Waals surface area contributed by atoms with Crippen LogP contribution in [0.2, 0.25) is 0 Å². The summed E-state index contributed by atoms with van der Waals surface area (Å²) in [7, 11) is 0. The molecule has 0 aliphatic carbocycles. The SMILES string of the molecule is CCNC(Cc1cncc(Br)c1)c1cc(C)nn1CC. The van der Waals surface area contributed by atoms with Crippen LogP contribution >= 0.6 is 15.9 Å². The molecule has 0 aromatic carbocycles. The summed E-state index contributed by atoms with van der Waals surface area (Å²) < 4.78 is 3.10. The molecule has 4 nitrogen and oxygen atoms in total. The zero-order valence-corrected chi connectivity index (χ0v) is 13.8. The van der Waals surface area contributed by atoms with Crippen molar-refractivity contribution in [3.8, 4) is 0 Å². The Kier molecular flexibility index (Phi) is 5.31. The number of halogens is 1. The predicted octanol–water partition coefficient (Wildman–Crippen LogP) is 3.26. The molecular formula is C15H21BrN4. The third kappa shape index (κ3) is 3.67. The average Bonchev–Trinajstić information content (AvgIpc) is 2.79. The molecule has 0 aliphatic heterocycles. The van der Waals surface area contributed by atoms with Gasteiger partial charge >= 0.3 is 0 Å². The van der Waals surface area contributed by atoms with Gasteiger partial charge in [0.15, 0.2) is 0 Å². The van der Waals surface area contributed by atoms with Gasteiger partial charge in [0.1, 0.15) is 0 Å². The molecule has 0 saturated carbocycles. The van der Waals surface area contributed by atoms with Gasteiger partial charge in [0.25, 0.3) is 0 Å². The van der Waals surface area contributed by atoms with E-state index in [0.29, 0.717) is 0 Å². The summed E-state index contributed by atoms with van der Waals surface area (Å²) in [6.07, 6.45) is 4.65. The van der Waals surface area contributed by atoms with Crippen molar-refractivity contribution in [3.05, 3.63) is 46.0 Å². The second-order valence-corrected chi connectivity index (χ2v) is 5.77. The molecule has 5 heteroatoms. The summed E-state index contributed by atoms with van der Waals surface area (Å²) in [5.74, 6) is 0. The van der Waals surface area contributed by atoms with Gasteiger partial charge < -0.3 is 5.32 Å². The number of rotatable bonds is 6. The molecule has 0 amide bonds. The van der Waals surface area contributed by atoms with Gasteiger partial charge in [-0.15, -0.1) is 0 Å². The first-order valence-electron chi connectivity index (χ1n) is 7.01. The predicted molar refractivity (Wildman–Crippen MR) is 84.7 cm³/mol. The van der Waals surface area contributed by atoms with Gasteiger partial charge in [0.05, 0.1) is 17.4 Å². The molecule has 2 rings (SSSR count). The van der Waals surface area contributed by atoms with Gasteiger partial charge in [-0.1, -0.05) is 6.92 Å². The van der Waals surface area contributed by atoms with Crippen LogP contribution in [-0.4, -0.2) is 21.3 Å². The molecule has 1 N–H and O–H groups in total. The molecule has 0 aliphatic rings. The minimum absolute atomic E-state index is 0.261. The molecule has 1 atom stereocenters. The number of nitrogens with zero attached hydrogens (tertiary/aromatic N) is 3. The Balaban J connectivity index is 2.26. The van der Waals surface area contributed by atoms with Gasteiger partial charge in [0, 0.05) is 23.4 Å². The van der Waals surface area contributed by atoms with Crippen molar-refractivity contribution in [1.82, 2.24) is 20.1 Å². The number of hydrogen-bond acceptors (Lipinski definition) is 3. The molecule has 2 aromatic heterocycles. The van der Waals surface area contributed by atoms with Gasteiger partial charge in [-0.2, -0.15) is 5.10 Å². The van der Waals surface area contributed by atoms with E-state index in [9.17, 15) is 0 Å². The van der Waals surface area contributed by atoms with Crippen LogP contribution in [0.25, 0.3) is 0 Å².